The number of halogens is 2. The molecule has 1 atom stereocenters. The highest BCUT2D eigenvalue weighted by Crippen LogP contribution is 2.22. The Morgan fingerprint density at radius 3 is 2.38 bits per heavy atom. The number of benzene rings is 2. The first kappa shape index (κ1) is 25.6. The Labute approximate surface area is 193 Å². The van der Waals surface area contributed by atoms with Gasteiger partial charge in [-0.05, 0) is 49.2 Å². The first-order valence-electron chi connectivity index (χ1n) is 10.0. The molecule has 2 rings (SSSR count). The molecule has 0 aliphatic rings. The number of carbonyl (C=O) groups excluding carboxylic acids is 2. The molecule has 0 radical (unpaired) electrons. The standard InChI is InChI=1S/C22H27ClFN3O4S/c1-16(22(29)25-2)26(15-17-9-11-19(24)12-10-17)21(28)8-5-13-27(32(3,30)31)20-7-4-6-18(23)14-20/h4,6-7,9-12,14,16H,5,8,13,15H2,1-3H3,(H,25,29)/t16-/m1/s1. The number of nitrogens with one attached hydrogen (secondary N) is 1. The van der Waals surface area contributed by atoms with E-state index in [0.717, 1.165) is 6.26 Å². The molecule has 0 aliphatic carbocycles. The van der Waals surface area contributed by atoms with Gasteiger partial charge in [-0.1, -0.05) is 29.8 Å². The fraction of sp³-hybridized carbons (Fsp3) is 0.364. The highest BCUT2D eigenvalue weighted by Gasteiger charge is 2.26. The molecule has 0 aromatic heterocycles. The Balaban J connectivity index is 2.13. The Kier molecular flexibility index (Phi) is 9.03. The van der Waals surface area contributed by atoms with Crippen LogP contribution in [-0.4, -0.2) is 51.0 Å². The molecule has 0 saturated heterocycles. The number of amides is 2. The van der Waals surface area contributed by atoms with E-state index >= 15 is 0 Å². The molecule has 1 N–H and O–H groups in total. The van der Waals surface area contributed by atoms with Gasteiger partial charge in [0, 0.05) is 31.6 Å². The van der Waals surface area contributed by atoms with Crippen molar-refractivity contribution in [2.24, 2.45) is 0 Å². The lowest BCUT2D eigenvalue weighted by Gasteiger charge is -2.29. The number of sulfonamides is 1. The summed E-state index contributed by atoms with van der Waals surface area (Å²) < 4.78 is 38.9. The van der Waals surface area contributed by atoms with Gasteiger partial charge in [0.25, 0.3) is 0 Å². The molecule has 0 unspecified atom stereocenters. The Bertz CT molecular complexity index is 1050. The van der Waals surface area contributed by atoms with E-state index in [-0.39, 0.29) is 37.7 Å². The molecule has 0 spiro atoms. The van der Waals surface area contributed by atoms with Crippen molar-refractivity contribution in [1.29, 1.82) is 0 Å². The molecule has 0 fully saturated rings. The summed E-state index contributed by atoms with van der Waals surface area (Å²) >= 11 is 5.99. The number of anilines is 1. The van der Waals surface area contributed by atoms with Crippen molar-refractivity contribution in [3.63, 3.8) is 0 Å². The van der Waals surface area contributed by atoms with Gasteiger partial charge in [-0.25, -0.2) is 12.8 Å². The van der Waals surface area contributed by atoms with Crippen LogP contribution in [0.5, 0.6) is 0 Å². The molecule has 0 bridgehead atoms. The first-order chi connectivity index (χ1) is 15.0. The van der Waals surface area contributed by atoms with Crippen LogP contribution in [0.3, 0.4) is 0 Å². The van der Waals surface area contributed by atoms with Crippen LogP contribution in [0, 0.1) is 5.82 Å². The van der Waals surface area contributed by atoms with Gasteiger partial charge < -0.3 is 10.2 Å². The van der Waals surface area contributed by atoms with Crippen molar-refractivity contribution in [3.05, 3.63) is 64.9 Å². The van der Waals surface area contributed by atoms with Gasteiger partial charge in [0.15, 0.2) is 0 Å². The number of rotatable bonds is 10. The van der Waals surface area contributed by atoms with E-state index in [1.165, 1.54) is 28.4 Å². The summed E-state index contributed by atoms with van der Waals surface area (Å²) in [5, 5.41) is 2.92. The number of nitrogens with zero attached hydrogens (tertiary/aromatic N) is 2. The van der Waals surface area contributed by atoms with Crippen LogP contribution in [0.4, 0.5) is 10.1 Å². The van der Waals surface area contributed by atoms with Crippen LogP contribution >= 0.6 is 11.6 Å². The van der Waals surface area contributed by atoms with Crippen LogP contribution < -0.4 is 9.62 Å². The minimum absolute atomic E-state index is 0.0229. The van der Waals surface area contributed by atoms with Crippen molar-refractivity contribution in [1.82, 2.24) is 10.2 Å². The average Bonchev–Trinajstić information content (AvgIpc) is 2.74. The third-order valence-corrected chi connectivity index (χ3v) is 6.36. The van der Waals surface area contributed by atoms with Gasteiger partial charge in [-0.15, -0.1) is 0 Å². The van der Waals surface area contributed by atoms with Gasteiger partial charge in [-0.3, -0.25) is 13.9 Å². The topological polar surface area (TPSA) is 86.8 Å². The quantitative estimate of drug-likeness (QED) is 0.562. The highest BCUT2D eigenvalue weighted by molar-refractivity contribution is 7.92. The highest BCUT2D eigenvalue weighted by atomic mass is 35.5. The maximum Gasteiger partial charge on any atom is 0.242 e. The fourth-order valence-electron chi connectivity index (χ4n) is 3.21. The third kappa shape index (κ3) is 7.20. The second kappa shape index (κ2) is 11.3. The Hall–Kier alpha value is -2.65. The molecular weight excluding hydrogens is 457 g/mol. The smallest absolute Gasteiger partial charge is 0.242 e. The maximum atomic E-state index is 13.2. The lowest BCUT2D eigenvalue weighted by molar-refractivity contribution is -0.140. The van der Waals surface area contributed by atoms with Crippen LogP contribution in [0.1, 0.15) is 25.3 Å². The van der Waals surface area contributed by atoms with Crippen LogP contribution in [0.25, 0.3) is 0 Å². The van der Waals surface area contributed by atoms with Gasteiger partial charge in [-0.2, -0.15) is 0 Å². The molecule has 10 heteroatoms. The second-order valence-electron chi connectivity index (χ2n) is 7.36. The van der Waals surface area contributed by atoms with Gasteiger partial charge in [0.05, 0.1) is 11.9 Å². The zero-order valence-corrected chi connectivity index (χ0v) is 19.8. The number of likely N-dealkylation sites (N-methyl/N-ethyl adjacent to an activating group) is 1. The van der Waals surface area contributed by atoms with E-state index in [1.54, 1.807) is 43.3 Å². The SMILES string of the molecule is CNC(=O)[C@@H](C)N(Cc1ccc(F)cc1)C(=O)CCCN(c1cccc(Cl)c1)S(C)(=O)=O. The molecule has 0 saturated carbocycles. The van der Waals surface area contributed by atoms with Gasteiger partial charge in [0.1, 0.15) is 11.9 Å². The van der Waals surface area contributed by atoms with E-state index in [2.05, 4.69) is 5.32 Å². The lowest BCUT2D eigenvalue weighted by Crippen LogP contribution is -2.46. The Morgan fingerprint density at radius 1 is 1.16 bits per heavy atom. The number of carbonyl (C=O) groups is 2. The summed E-state index contributed by atoms with van der Waals surface area (Å²) in [5.74, 6) is -1.05. The summed E-state index contributed by atoms with van der Waals surface area (Å²) in [5.41, 5.74) is 1.08. The summed E-state index contributed by atoms with van der Waals surface area (Å²) in [4.78, 5) is 26.5. The van der Waals surface area contributed by atoms with Crippen LogP contribution in [0.2, 0.25) is 5.02 Å². The summed E-state index contributed by atoms with van der Waals surface area (Å²) in [6, 6.07) is 11.4. The zero-order chi connectivity index (χ0) is 23.9. The lowest BCUT2D eigenvalue weighted by atomic mass is 10.1. The molecule has 2 amide bonds. The molecular formula is C22H27ClFN3O4S. The molecule has 0 aliphatic heterocycles. The van der Waals surface area contributed by atoms with Crippen molar-refractivity contribution in [2.75, 3.05) is 24.2 Å². The zero-order valence-electron chi connectivity index (χ0n) is 18.2. The number of hydrogen-bond acceptors (Lipinski definition) is 4. The van der Waals surface area contributed by atoms with E-state index in [4.69, 9.17) is 11.6 Å². The predicted octanol–water partition coefficient (Wildman–Crippen LogP) is 3.19. The van der Waals surface area contributed by atoms with Crippen molar-refractivity contribution in [3.8, 4) is 0 Å². The average molecular weight is 484 g/mol. The van der Waals surface area contributed by atoms with Crippen LogP contribution in [0.15, 0.2) is 48.5 Å². The minimum Gasteiger partial charge on any atom is -0.357 e. The molecule has 0 heterocycles. The normalized spacial score (nSPS) is 12.2. The van der Waals surface area contributed by atoms with Gasteiger partial charge in [0.2, 0.25) is 21.8 Å². The van der Waals surface area contributed by atoms with E-state index in [0.29, 0.717) is 16.3 Å². The summed E-state index contributed by atoms with van der Waals surface area (Å²) in [7, 11) is -2.11. The van der Waals surface area contributed by atoms with Crippen LogP contribution in [-0.2, 0) is 26.2 Å². The minimum atomic E-state index is -3.59. The molecule has 174 valence electrons. The van der Waals surface area contributed by atoms with Crippen molar-refractivity contribution < 1.29 is 22.4 Å². The van der Waals surface area contributed by atoms with Crippen molar-refractivity contribution >= 4 is 39.1 Å². The maximum absolute atomic E-state index is 13.2. The van der Waals surface area contributed by atoms with E-state index in [1.807, 2.05) is 0 Å². The van der Waals surface area contributed by atoms with Gasteiger partial charge >= 0.3 is 0 Å². The largest absolute Gasteiger partial charge is 0.357 e. The molecule has 2 aromatic rings. The van der Waals surface area contributed by atoms with E-state index < -0.39 is 21.9 Å². The fourth-order valence-corrected chi connectivity index (χ4v) is 4.35. The van der Waals surface area contributed by atoms with Crippen molar-refractivity contribution in [2.45, 2.75) is 32.4 Å². The number of hydrogen-bond donors (Lipinski definition) is 1. The first-order valence-corrected chi connectivity index (χ1v) is 12.2. The third-order valence-electron chi connectivity index (χ3n) is 4.93. The molecule has 7 nitrogen and oxygen atoms in total. The molecule has 2 aromatic carbocycles. The second-order valence-corrected chi connectivity index (χ2v) is 9.70. The molecule has 32 heavy (non-hydrogen) atoms. The monoisotopic (exact) mass is 483 g/mol. The van der Waals surface area contributed by atoms with E-state index in [9.17, 15) is 22.4 Å². The Morgan fingerprint density at radius 2 is 1.81 bits per heavy atom. The summed E-state index contributed by atoms with van der Waals surface area (Å²) in [6.45, 7) is 1.80. The predicted molar refractivity (Wildman–Crippen MR) is 123 cm³/mol. The summed E-state index contributed by atoms with van der Waals surface area (Å²) in [6.07, 6.45) is 1.35.